The van der Waals surface area contributed by atoms with Crippen molar-refractivity contribution in [3.05, 3.63) is 24.0 Å². The third kappa shape index (κ3) is 2.48. The van der Waals surface area contributed by atoms with Crippen LogP contribution in [0.25, 0.3) is 11.0 Å². The zero-order valence-corrected chi connectivity index (χ0v) is 10.3. The zero-order chi connectivity index (χ0) is 12.5. The third-order valence-corrected chi connectivity index (χ3v) is 4.30. The van der Waals surface area contributed by atoms with E-state index in [0.29, 0.717) is 5.52 Å². The van der Waals surface area contributed by atoms with E-state index in [4.69, 9.17) is 5.11 Å². The number of sulfone groups is 1. The van der Waals surface area contributed by atoms with Gasteiger partial charge in [-0.25, -0.2) is 13.4 Å². The molecule has 0 spiro atoms. The average Bonchev–Trinajstić information content (AvgIpc) is 2.65. The first-order chi connectivity index (χ1) is 8.03. The van der Waals surface area contributed by atoms with Gasteiger partial charge in [0.2, 0.25) is 0 Å². The van der Waals surface area contributed by atoms with E-state index in [1.54, 1.807) is 18.2 Å². The Hall–Kier alpha value is -1.40. The zero-order valence-electron chi connectivity index (χ0n) is 9.47. The summed E-state index contributed by atoms with van der Waals surface area (Å²) < 4.78 is 23.8. The van der Waals surface area contributed by atoms with Crippen molar-refractivity contribution in [2.24, 2.45) is 0 Å². The molecule has 1 aromatic heterocycles. The molecule has 2 N–H and O–H groups in total. The fourth-order valence-electron chi connectivity index (χ4n) is 1.68. The van der Waals surface area contributed by atoms with Gasteiger partial charge in [-0.3, -0.25) is 0 Å². The molecular formula is C11H14N2O3S. The topological polar surface area (TPSA) is 83.1 Å². The molecule has 2 aromatic rings. The molecule has 1 aromatic carbocycles. The van der Waals surface area contributed by atoms with Crippen LogP contribution in [0.1, 0.15) is 12.2 Å². The van der Waals surface area contributed by atoms with Crippen molar-refractivity contribution in [2.75, 3.05) is 12.4 Å². The number of imidazole rings is 1. The molecule has 0 atom stereocenters. The number of rotatable bonds is 4. The Balaban J connectivity index is 2.42. The van der Waals surface area contributed by atoms with E-state index in [0.717, 1.165) is 11.3 Å². The lowest BCUT2D eigenvalue weighted by Gasteiger charge is -2.02. The number of aliphatic hydroxyl groups excluding tert-OH is 1. The summed E-state index contributed by atoms with van der Waals surface area (Å²) in [6.07, 6.45) is 0.252. The van der Waals surface area contributed by atoms with Crippen LogP contribution in [0.4, 0.5) is 0 Å². The minimum Gasteiger partial charge on any atom is -0.396 e. The molecule has 1 heterocycles. The lowest BCUT2D eigenvalue weighted by molar-refractivity contribution is 0.295. The number of nitrogens with one attached hydrogen (secondary N) is 1. The molecule has 0 aliphatic carbocycles. The van der Waals surface area contributed by atoms with Gasteiger partial charge in [-0.1, -0.05) is 0 Å². The molecule has 0 amide bonds. The SMILES string of the molecule is Cc1nc2ccc(S(=O)(=O)CCCO)cc2[nH]1. The molecule has 17 heavy (non-hydrogen) atoms. The van der Waals surface area contributed by atoms with Gasteiger partial charge in [0.05, 0.1) is 21.7 Å². The minimum atomic E-state index is -3.31. The van der Waals surface area contributed by atoms with E-state index < -0.39 is 9.84 Å². The average molecular weight is 254 g/mol. The molecule has 2 rings (SSSR count). The van der Waals surface area contributed by atoms with E-state index in [1.807, 2.05) is 6.92 Å². The van der Waals surface area contributed by atoms with Gasteiger partial charge in [0.15, 0.2) is 9.84 Å². The van der Waals surface area contributed by atoms with Crippen molar-refractivity contribution in [3.63, 3.8) is 0 Å². The Labute approximate surface area is 99.4 Å². The highest BCUT2D eigenvalue weighted by molar-refractivity contribution is 7.91. The van der Waals surface area contributed by atoms with Gasteiger partial charge in [0.1, 0.15) is 5.82 Å². The Bertz CT molecular complexity index is 631. The monoisotopic (exact) mass is 254 g/mol. The van der Waals surface area contributed by atoms with Gasteiger partial charge in [-0.15, -0.1) is 0 Å². The summed E-state index contributed by atoms with van der Waals surface area (Å²) in [6.45, 7) is 1.70. The number of hydrogen-bond acceptors (Lipinski definition) is 4. The number of aliphatic hydroxyl groups is 1. The highest BCUT2D eigenvalue weighted by Gasteiger charge is 2.14. The normalized spacial score (nSPS) is 12.1. The summed E-state index contributed by atoms with van der Waals surface area (Å²) >= 11 is 0. The smallest absolute Gasteiger partial charge is 0.178 e. The number of hydrogen-bond donors (Lipinski definition) is 2. The predicted octanol–water partition coefficient (Wildman–Crippen LogP) is 1.03. The minimum absolute atomic E-state index is 0.0396. The predicted molar refractivity (Wildman–Crippen MR) is 64.6 cm³/mol. The van der Waals surface area contributed by atoms with E-state index >= 15 is 0 Å². The summed E-state index contributed by atoms with van der Waals surface area (Å²) in [5, 5.41) is 8.67. The Morgan fingerprint density at radius 2 is 2.18 bits per heavy atom. The van der Waals surface area contributed by atoms with Crippen LogP contribution in [0.2, 0.25) is 0 Å². The molecule has 5 nitrogen and oxygen atoms in total. The molecule has 92 valence electrons. The maximum Gasteiger partial charge on any atom is 0.178 e. The van der Waals surface area contributed by atoms with Crippen LogP contribution in [0, 0.1) is 6.92 Å². The van der Waals surface area contributed by atoms with E-state index in [9.17, 15) is 8.42 Å². The summed E-state index contributed by atoms with van der Waals surface area (Å²) in [4.78, 5) is 7.48. The lowest BCUT2D eigenvalue weighted by atomic mass is 10.3. The van der Waals surface area contributed by atoms with Crippen molar-refractivity contribution in [3.8, 4) is 0 Å². The van der Waals surface area contributed by atoms with Gasteiger partial charge in [0, 0.05) is 6.61 Å². The Morgan fingerprint density at radius 3 is 2.88 bits per heavy atom. The number of fused-ring (bicyclic) bond motifs is 1. The molecule has 0 radical (unpaired) electrons. The number of nitrogens with zero attached hydrogens (tertiary/aromatic N) is 1. The van der Waals surface area contributed by atoms with Crippen LogP contribution in [0.5, 0.6) is 0 Å². The Morgan fingerprint density at radius 1 is 1.41 bits per heavy atom. The standard InChI is InChI=1S/C11H14N2O3S/c1-8-12-10-4-3-9(7-11(10)13-8)17(15,16)6-2-5-14/h3-4,7,14H,2,5-6H2,1H3,(H,12,13). The first-order valence-electron chi connectivity index (χ1n) is 5.33. The molecule has 0 fully saturated rings. The number of aromatic amines is 1. The fourth-order valence-corrected chi connectivity index (χ4v) is 3.00. The summed E-state index contributed by atoms with van der Waals surface area (Å²) in [6, 6.07) is 4.82. The quantitative estimate of drug-likeness (QED) is 0.853. The number of aromatic nitrogens is 2. The number of benzene rings is 1. The summed E-state index contributed by atoms with van der Waals surface area (Å²) in [5.41, 5.74) is 1.47. The van der Waals surface area contributed by atoms with Gasteiger partial charge >= 0.3 is 0 Å². The number of H-pyrrole nitrogens is 1. The summed E-state index contributed by atoms with van der Waals surface area (Å²) in [5.74, 6) is 0.715. The molecule has 0 saturated heterocycles. The highest BCUT2D eigenvalue weighted by Crippen LogP contribution is 2.18. The molecule has 0 aliphatic heterocycles. The second-order valence-corrected chi connectivity index (χ2v) is 6.01. The van der Waals surface area contributed by atoms with Gasteiger partial charge in [-0.2, -0.15) is 0 Å². The molecule has 0 saturated carbocycles. The molecular weight excluding hydrogens is 240 g/mol. The third-order valence-electron chi connectivity index (χ3n) is 2.50. The lowest BCUT2D eigenvalue weighted by Crippen LogP contribution is -2.08. The van der Waals surface area contributed by atoms with Gasteiger partial charge in [-0.05, 0) is 31.5 Å². The first-order valence-corrected chi connectivity index (χ1v) is 6.98. The van der Waals surface area contributed by atoms with Crippen LogP contribution in [0.3, 0.4) is 0 Å². The van der Waals surface area contributed by atoms with Crippen molar-refractivity contribution in [1.29, 1.82) is 0 Å². The van der Waals surface area contributed by atoms with Gasteiger partial charge < -0.3 is 10.1 Å². The fraction of sp³-hybridized carbons (Fsp3) is 0.364. The molecule has 0 bridgehead atoms. The van der Waals surface area contributed by atoms with Crippen LogP contribution in [0.15, 0.2) is 23.1 Å². The highest BCUT2D eigenvalue weighted by atomic mass is 32.2. The van der Waals surface area contributed by atoms with E-state index in [2.05, 4.69) is 9.97 Å². The molecule has 0 aliphatic rings. The maximum absolute atomic E-state index is 11.9. The van der Waals surface area contributed by atoms with Crippen molar-refractivity contribution >= 4 is 20.9 Å². The second-order valence-electron chi connectivity index (χ2n) is 3.90. The second kappa shape index (κ2) is 4.46. The van der Waals surface area contributed by atoms with Crippen molar-refractivity contribution < 1.29 is 13.5 Å². The van der Waals surface area contributed by atoms with Crippen LogP contribution < -0.4 is 0 Å². The van der Waals surface area contributed by atoms with Gasteiger partial charge in [0.25, 0.3) is 0 Å². The van der Waals surface area contributed by atoms with Crippen LogP contribution in [-0.4, -0.2) is 35.9 Å². The summed E-state index contributed by atoms with van der Waals surface area (Å²) in [7, 11) is -3.31. The molecule has 0 unspecified atom stereocenters. The number of aryl methyl sites for hydroxylation is 1. The van der Waals surface area contributed by atoms with E-state index in [1.165, 1.54) is 0 Å². The van der Waals surface area contributed by atoms with Crippen LogP contribution >= 0.6 is 0 Å². The van der Waals surface area contributed by atoms with Crippen molar-refractivity contribution in [1.82, 2.24) is 9.97 Å². The maximum atomic E-state index is 11.9. The first kappa shape index (κ1) is 12.1. The van der Waals surface area contributed by atoms with Crippen LogP contribution in [-0.2, 0) is 9.84 Å². The largest absolute Gasteiger partial charge is 0.396 e. The molecule has 6 heteroatoms. The van der Waals surface area contributed by atoms with Crippen molar-refractivity contribution in [2.45, 2.75) is 18.2 Å². The Kier molecular flexibility index (Phi) is 3.17. The van der Waals surface area contributed by atoms with E-state index in [-0.39, 0.29) is 23.7 Å².